The van der Waals surface area contributed by atoms with Crippen LogP contribution >= 0.6 is 0 Å². The van der Waals surface area contributed by atoms with Crippen molar-refractivity contribution in [1.82, 2.24) is 15.0 Å². The minimum absolute atomic E-state index is 0.399. The molecule has 0 saturated carbocycles. The zero-order valence-corrected chi connectivity index (χ0v) is 13.9. The number of aryl methyl sites for hydroxylation is 2. The van der Waals surface area contributed by atoms with Crippen LogP contribution in [0.1, 0.15) is 11.3 Å². The molecule has 0 aliphatic carbocycles. The maximum Gasteiger partial charge on any atom is 0.230 e. The molecule has 4 rings (SSSR count). The Bertz CT molecular complexity index is 1070. The molecule has 6 nitrogen and oxygen atoms in total. The van der Waals surface area contributed by atoms with Crippen molar-refractivity contribution in [2.75, 3.05) is 5.73 Å². The molecule has 2 N–H and O–H groups in total. The van der Waals surface area contributed by atoms with E-state index in [1.165, 1.54) is 0 Å². The van der Waals surface area contributed by atoms with Crippen LogP contribution in [0.5, 0.6) is 11.6 Å². The van der Waals surface area contributed by atoms with E-state index in [-0.39, 0.29) is 0 Å². The van der Waals surface area contributed by atoms with Crippen LogP contribution in [-0.2, 0) is 0 Å². The van der Waals surface area contributed by atoms with Crippen LogP contribution in [0, 0.1) is 13.8 Å². The van der Waals surface area contributed by atoms with Crippen molar-refractivity contribution in [2.24, 2.45) is 0 Å². The molecule has 0 aliphatic heterocycles. The van der Waals surface area contributed by atoms with Crippen LogP contribution < -0.4 is 10.5 Å². The third-order valence-corrected chi connectivity index (χ3v) is 3.98. The highest BCUT2D eigenvalue weighted by Gasteiger charge is 2.12. The number of hydrogen-bond acceptors (Lipinski definition) is 6. The topological polar surface area (TPSA) is 87.1 Å². The Labute approximate surface area is 144 Å². The van der Waals surface area contributed by atoms with E-state index in [1.807, 2.05) is 38.1 Å². The van der Waals surface area contributed by atoms with Gasteiger partial charge in [-0.2, -0.15) is 0 Å². The smallest absolute Gasteiger partial charge is 0.230 e. The van der Waals surface area contributed by atoms with E-state index in [9.17, 15) is 0 Å². The van der Waals surface area contributed by atoms with E-state index in [1.54, 1.807) is 24.7 Å². The van der Waals surface area contributed by atoms with E-state index in [4.69, 9.17) is 14.9 Å². The molecule has 6 heteroatoms. The second-order valence-corrected chi connectivity index (χ2v) is 5.76. The fourth-order valence-electron chi connectivity index (χ4n) is 2.75. The third-order valence-electron chi connectivity index (χ3n) is 3.98. The van der Waals surface area contributed by atoms with Gasteiger partial charge in [0, 0.05) is 11.8 Å². The van der Waals surface area contributed by atoms with Gasteiger partial charge in [-0.1, -0.05) is 0 Å². The normalized spacial score (nSPS) is 11.0. The Morgan fingerprint density at radius 2 is 1.96 bits per heavy atom. The van der Waals surface area contributed by atoms with E-state index >= 15 is 0 Å². The van der Waals surface area contributed by atoms with Crippen LogP contribution in [0.2, 0.25) is 0 Å². The Kier molecular flexibility index (Phi) is 3.57. The van der Waals surface area contributed by atoms with Gasteiger partial charge in [0.05, 0.1) is 29.2 Å². The standard InChI is InChI=1S/C19H16N4O2/c1-11-9-13(25-19-15-6-8-24-16(15)5-7-21-19)3-4-14(11)18-12(2)22-10-17(20)23-18/h3-10H,1-2H3,(H2,20,23). The fraction of sp³-hybridized carbons (Fsp3) is 0.105. The van der Waals surface area contributed by atoms with Crippen molar-refractivity contribution in [3.05, 3.63) is 60.2 Å². The summed E-state index contributed by atoms with van der Waals surface area (Å²) in [5, 5.41) is 0.835. The number of hydrogen-bond donors (Lipinski definition) is 1. The summed E-state index contributed by atoms with van der Waals surface area (Å²) < 4.78 is 11.3. The number of anilines is 1. The minimum Gasteiger partial charge on any atom is -0.464 e. The van der Waals surface area contributed by atoms with Crippen molar-refractivity contribution in [3.8, 4) is 22.9 Å². The summed E-state index contributed by atoms with van der Waals surface area (Å²) in [6.07, 6.45) is 4.84. The van der Waals surface area contributed by atoms with Crippen LogP contribution in [-0.4, -0.2) is 15.0 Å². The summed E-state index contributed by atoms with van der Waals surface area (Å²) >= 11 is 0. The quantitative estimate of drug-likeness (QED) is 0.602. The predicted octanol–water partition coefficient (Wildman–Crippen LogP) is 4.28. The Hall–Kier alpha value is -3.41. The number of furan rings is 1. The molecule has 0 amide bonds. The zero-order valence-electron chi connectivity index (χ0n) is 13.9. The van der Waals surface area contributed by atoms with Crippen LogP contribution in [0.3, 0.4) is 0 Å². The highest BCUT2D eigenvalue weighted by molar-refractivity contribution is 5.82. The van der Waals surface area contributed by atoms with Gasteiger partial charge in [-0.3, -0.25) is 4.98 Å². The zero-order chi connectivity index (χ0) is 17.4. The summed E-state index contributed by atoms with van der Waals surface area (Å²) in [5.41, 5.74) is 10.1. The number of pyridine rings is 1. The summed E-state index contributed by atoms with van der Waals surface area (Å²) in [7, 11) is 0. The second kappa shape index (κ2) is 5.90. The lowest BCUT2D eigenvalue weighted by Gasteiger charge is -2.11. The van der Waals surface area contributed by atoms with Gasteiger partial charge >= 0.3 is 0 Å². The molecule has 124 valence electrons. The van der Waals surface area contributed by atoms with E-state index in [0.717, 1.165) is 33.5 Å². The Balaban J connectivity index is 1.70. The van der Waals surface area contributed by atoms with E-state index in [0.29, 0.717) is 17.4 Å². The van der Waals surface area contributed by atoms with Gasteiger partial charge in [-0.25, -0.2) is 9.97 Å². The predicted molar refractivity (Wildman–Crippen MR) is 95.4 cm³/mol. The summed E-state index contributed by atoms with van der Waals surface area (Å²) in [6.45, 7) is 3.91. The molecule has 0 aliphatic rings. The first-order chi connectivity index (χ1) is 12.1. The first kappa shape index (κ1) is 15.1. The van der Waals surface area contributed by atoms with Crippen molar-refractivity contribution in [2.45, 2.75) is 13.8 Å². The lowest BCUT2D eigenvalue weighted by molar-refractivity contribution is 0.468. The van der Waals surface area contributed by atoms with Gasteiger partial charge < -0.3 is 14.9 Å². The monoisotopic (exact) mass is 332 g/mol. The molecule has 0 radical (unpaired) electrons. The number of ether oxygens (including phenoxy) is 1. The van der Waals surface area contributed by atoms with Gasteiger partial charge in [0.15, 0.2) is 0 Å². The maximum atomic E-state index is 5.94. The Morgan fingerprint density at radius 3 is 2.80 bits per heavy atom. The third kappa shape index (κ3) is 2.78. The fourth-order valence-corrected chi connectivity index (χ4v) is 2.75. The number of benzene rings is 1. The number of fused-ring (bicyclic) bond motifs is 1. The number of nitrogens with two attached hydrogens (primary N) is 1. The second-order valence-electron chi connectivity index (χ2n) is 5.76. The van der Waals surface area contributed by atoms with Gasteiger partial charge in [-0.05, 0) is 49.7 Å². The van der Waals surface area contributed by atoms with E-state index < -0.39 is 0 Å². The SMILES string of the molecule is Cc1cc(Oc2nccc3occc23)ccc1-c1nc(N)cnc1C. The number of aromatic nitrogens is 3. The molecule has 0 bridgehead atoms. The van der Waals surface area contributed by atoms with Crippen molar-refractivity contribution in [1.29, 1.82) is 0 Å². The summed E-state index contributed by atoms with van der Waals surface area (Å²) in [6, 6.07) is 9.42. The highest BCUT2D eigenvalue weighted by Crippen LogP contribution is 2.32. The molecule has 0 spiro atoms. The largest absolute Gasteiger partial charge is 0.464 e. The molecular formula is C19H16N4O2. The van der Waals surface area contributed by atoms with Crippen molar-refractivity contribution in [3.63, 3.8) is 0 Å². The van der Waals surface area contributed by atoms with Crippen molar-refractivity contribution < 1.29 is 9.15 Å². The molecule has 0 saturated heterocycles. The van der Waals surface area contributed by atoms with Crippen molar-refractivity contribution >= 4 is 16.8 Å². The molecule has 3 heterocycles. The van der Waals surface area contributed by atoms with E-state index in [2.05, 4.69) is 15.0 Å². The van der Waals surface area contributed by atoms with Gasteiger partial charge in [0.2, 0.25) is 5.88 Å². The molecule has 4 aromatic rings. The average Bonchev–Trinajstić information content (AvgIpc) is 3.07. The van der Waals surface area contributed by atoms with Crippen LogP contribution in [0.25, 0.3) is 22.2 Å². The summed E-state index contributed by atoms with van der Waals surface area (Å²) in [5.74, 6) is 1.60. The lowest BCUT2D eigenvalue weighted by Crippen LogP contribution is -1.99. The van der Waals surface area contributed by atoms with Crippen LogP contribution in [0.4, 0.5) is 5.82 Å². The minimum atomic E-state index is 0.399. The molecule has 0 atom stereocenters. The molecule has 0 fully saturated rings. The molecule has 3 aromatic heterocycles. The number of rotatable bonds is 3. The molecule has 0 unspecified atom stereocenters. The number of nitrogens with zero attached hydrogens (tertiary/aromatic N) is 3. The van der Waals surface area contributed by atoms with Crippen LogP contribution in [0.15, 0.2) is 53.4 Å². The first-order valence-corrected chi connectivity index (χ1v) is 7.82. The average molecular weight is 332 g/mol. The maximum absolute atomic E-state index is 5.94. The first-order valence-electron chi connectivity index (χ1n) is 7.82. The molecule has 25 heavy (non-hydrogen) atoms. The highest BCUT2D eigenvalue weighted by atomic mass is 16.5. The lowest BCUT2D eigenvalue weighted by atomic mass is 10.0. The van der Waals surface area contributed by atoms with Gasteiger partial charge in [-0.15, -0.1) is 0 Å². The van der Waals surface area contributed by atoms with Gasteiger partial charge in [0.25, 0.3) is 0 Å². The molecular weight excluding hydrogens is 316 g/mol. The van der Waals surface area contributed by atoms with Gasteiger partial charge in [0.1, 0.15) is 17.2 Å². The summed E-state index contributed by atoms with van der Waals surface area (Å²) in [4.78, 5) is 13.0. The molecule has 1 aromatic carbocycles. The Morgan fingerprint density at radius 1 is 1.08 bits per heavy atom. The number of nitrogen functional groups attached to an aromatic ring is 1.